The van der Waals surface area contributed by atoms with E-state index in [1.54, 1.807) is 0 Å². The van der Waals surface area contributed by atoms with Gasteiger partial charge in [-0.3, -0.25) is 0 Å². The smallest absolute Gasteiger partial charge is 0.147 e. The normalized spacial score (nSPS) is 12.6. The molecule has 1 atom stereocenters. The van der Waals surface area contributed by atoms with Gasteiger partial charge in [-0.15, -0.1) is 12.4 Å². The fourth-order valence-electron chi connectivity index (χ4n) is 1.79. The number of halogens is 1. The van der Waals surface area contributed by atoms with Gasteiger partial charge in [-0.05, 0) is 0 Å². The molecule has 1 aromatic rings. The summed E-state index contributed by atoms with van der Waals surface area (Å²) in [5.41, 5.74) is 7.32. The molecule has 0 spiro atoms. The molecule has 0 amide bonds. The Morgan fingerprint density at radius 1 is 1.22 bits per heavy atom. The molecule has 103 valence electrons. The minimum absolute atomic E-state index is 0. The molecule has 0 aliphatic heterocycles. The average Bonchev–Trinajstić information content (AvgIpc) is 2.30. The molecule has 0 aliphatic rings. The SMILES string of the molecule is C[CH2][Sn]([O]CC(C)C)[c]1ccccc1C(C)N.Cl. The molecule has 18 heavy (non-hydrogen) atoms. The van der Waals surface area contributed by atoms with Crippen LogP contribution in [0.25, 0.3) is 0 Å². The van der Waals surface area contributed by atoms with Crippen LogP contribution in [0.5, 0.6) is 0 Å². The van der Waals surface area contributed by atoms with Crippen molar-refractivity contribution in [2.24, 2.45) is 11.7 Å². The molecule has 2 N–H and O–H groups in total. The summed E-state index contributed by atoms with van der Waals surface area (Å²) in [4.78, 5) is 0. The molecule has 0 bridgehead atoms. The predicted octanol–water partition coefficient (Wildman–Crippen LogP) is 3.02. The number of nitrogens with two attached hydrogens (primary N) is 1. The van der Waals surface area contributed by atoms with Gasteiger partial charge < -0.3 is 0 Å². The topological polar surface area (TPSA) is 35.2 Å². The van der Waals surface area contributed by atoms with Gasteiger partial charge in [-0.25, -0.2) is 0 Å². The molecule has 4 heteroatoms. The second-order valence-corrected chi connectivity index (χ2v) is 11.7. The standard InChI is InChI=1S/C8H10N.C4H9O.C2H5.ClH.Sn/c1-7(9)8-5-3-2-4-6-8;1-4(2)3-5;1-2;;/h2-5,7H,9H2,1H3;4H,3H2,1-2H3;1H2,2H3;1H;/q;-1;;;+1. The monoisotopic (exact) mass is 378 g/mol. The van der Waals surface area contributed by atoms with Gasteiger partial charge in [0.25, 0.3) is 0 Å². The Hall–Kier alpha value is 0.229. The van der Waals surface area contributed by atoms with E-state index in [0.717, 1.165) is 6.61 Å². The number of benzene rings is 1. The minimum atomic E-state index is -1.91. The van der Waals surface area contributed by atoms with Crippen LogP contribution in [0.3, 0.4) is 0 Å². The van der Waals surface area contributed by atoms with Crippen LogP contribution in [0.4, 0.5) is 0 Å². The van der Waals surface area contributed by atoms with Crippen molar-refractivity contribution >= 4 is 36.2 Å². The third-order valence-corrected chi connectivity index (χ3v) is 8.98. The van der Waals surface area contributed by atoms with Crippen molar-refractivity contribution in [3.8, 4) is 0 Å². The van der Waals surface area contributed by atoms with E-state index >= 15 is 0 Å². The third kappa shape index (κ3) is 5.47. The maximum absolute atomic E-state index is 6.17. The molecule has 1 unspecified atom stereocenters. The molecular weight excluding hydrogens is 352 g/mol. The molecule has 2 nitrogen and oxygen atoms in total. The van der Waals surface area contributed by atoms with E-state index in [2.05, 4.69) is 52.0 Å². The molecule has 1 aromatic carbocycles. The summed E-state index contributed by atoms with van der Waals surface area (Å²) in [6.45, 7) is 9.59. The maximum atomic E-state index is 6.17. The van der Waals surface area contributed by atoms with Crippen LogP contribution >= 0.6 is 12.4 Å². The van der Waals surface area contributed by atoms with E-state index in [1.165, 1.54) is 13.6 Å². The van der Waals surface area contributed by atoms with Crippen molar-refractivity contribution < 1.29 is 3.07 Å². The zero-order chi connectivity index (χ0) is 12.8. The van der Waals surface area contributed by atoms with Crippen LogP contribution < -0.4 is 9.31 Å². The summed E-state index contributed by atoms with van der Waals surface area (Å²) in [7, 11) is 0. The van der Waals surface area contributed by atoms with Crippen molar-refractivity contribution in [2.45, 2.75) is 38.2 Å². The van der Waals surface area contributed by atoms with Crippen LogP contribution in [0, 0.1) is 5.92 Å². The first-order valence-corrected chi connectivity index (χ1v) is 11.0. The molecule has 0 fully saturated rings. The molecule has 1 radical (unpaired) electrons. The van der Waals surface area contributed by atoms with E-state index < -0.39 is 20.2 Å². The van der Waals surface area contributed by atoms with Crippen molar-refractivity contribution in [1.29, 1.82) is 0 Å². The minimum Gasteiger partial charge on any atom is -0.147 e. The van der Waals surface area contributed by atoms with Gasteiger partial charge in [0.15, 0.2) is 0 Å². The van der Waals surface area contributed by atoms with Crippen molar-refractivity contribution in [1.82, 2.24) is 0 Å². The Labute approximate surface area is 125 Å². The first kappa shape index (κ1) is 18.2. The van der Waals surface area contributed by atoms with Gasteiger partial charge in [-0.2, -0.15) is 0 Å². The molecule has 1 rings (SSSR count). The van der Waals surface area contributed by atoms with E-state index in [9.17, 15) is 0 Å². The molecule has 0 heterocycles. The Balaban J connectivity index is 0.00000289. The fourth-order valence-corrected chi connectivity index (χ4v) is 8.04. The summed E-state index contributed by atoms with van der Waals surface area (Å²) >= 11 is -1.91. The van der Waals surface area contributed by atoms with Gasteiger partial charge in [0.1, 0.15) is 0 Å². The molecule has 0 aromatic heterocycles. The Morgan fingerprint density at radius 3 is 2.33 bits per heavy atom. The Kier molecular flexibility index (Phi) is 9.30. The summed E-state index contributed by atoms with van der Waals surface area (Å²) in [6.07, 6.45) is 0. The van der Waals surface area contributed by atoms with Gasteiger partial charge in [-0.1, -0.05) is 0 Å². The quantitative estimate of drug-likeness (QED) is 0.774. The third-order valence-electron chi connectivity index (χ3n) is 2.66. The molecule has 0 aliphatic carbocycles. The van der Waals surface area contributed by atoms with Gasteiger partial charge in [0, 0.05) is 0 Å². The van der Waals surface area contributed by atoms with Crippen molar-refractivity contribution in [2.75, 3.05) is 6.61 Å². The van der Waals surface area contributed by atoms with E-state index in [0.29, 0.717) is 5.92 Å². The largest absolute Gasteiger partial charge is 0.147 e. The van der Waals surface area contributed by atoms with Crippen molar-refractivity contribution in [3.63, 3.8) is 0 Å². The fraction of sp³-hybridized carbons (Fsp3) is 0.571. The number of hydrogen-bond donors (Lipinski definition) is 1. The van der Waals surface area contributed by atoms with Gasteiger partial charge in [0.2, 0.25) is 0 Å². The molecular formula is C14H25ClNOSn. The van der Waals surface area contributed by atoms with Crippen molar-refractivity contribution in [3.05, 3.63) is 29.8 Å². The summed E-state index contributed by atoms with van der Waals surface area (Å²) in [6, 6.07) is 8.65. The van der Waals surface area contributed by atoms with Crippen LogP contribution in [0.1, 0.15) is 39.3 Å². The first-order valence-electron chi connectivity index (χ1n) is 6.39. The van der Waals surface area contributed by atoms with E-state index in [4.69, 9.17) is 8.81 Å². The Bertz CT molecular complexity index is 344. The van der Waals surface area contributed by atoms with E-state index in [1.807, 2.05) is 0 Å². The van der Waals surface area contributed by atoms with Crippen LogP contribution in [0.15, 0.2) is 24.3 Å². The zero-order valence-corrected chi connectivity index (χ0v) is 15.4. The number of hydrogen-bond acceptors (Lipinski definition) is 2. The van der Waals surface area contributed by atoms with Crippen LogP contribution in [-0.4, -0.2) is 26.8 Å². The second-order valence-electron chi connectivity index (χ2n) is 4.86. The van der Waals surface area contributed by atoms with Gasteiger partial charge >= 0.3 is 113 Å². The van der Waals surface area contributed by atoms with E-state index in [-0.39, 0.29) is 18.4 Å². The first-order chi connectivity index (χ1) is 8.06. The Morgan fingerprint density at radius 2 is 1.83 bits per heavy atom. The van der Waals surface area contributed by atoms with Crippen LogP contribution in [-0.2, 0) is 3.07 Å². The maximum Gasteiger partial charge on any atom is -0.147 e. The predicted molar refractivity (Wildman–Crippen MR) is 83.0 cm³/mol. The number of rotatable bonds is 6. The average molecular weight is 378 g/mol. The summed E-state index contributed by atoms with van der Waals surface area (Å²) < 4.78 is 8.79. The molecule has 0 saturated heterocycles. The summed E-state index contributed by atoms with van der Waals surface area (Å²) in [5.74, 6) is 0.611. The molecule has 0 saturated carbocycles. The second kappa shape index (κ2) is 9.18. The summed E-state index contributed by atoms with van der Waals surface area (Å²) in [5, 5.41) is 0. The zero-order valence-electron chi connectivity index (χ0n) is 11.8. The van der Waals surface area contributed by atoms with Crippen LogP contribution in [0.2, 0.25) is 4.44 Å². The van der Waals surface area contributed by atoms with Gasteiger partial charge in [0.05, 0.1) is 0 Å².